The second kappa shape index (κ2) is 6.00. The van der Waals surface area contributed by atoms with Crippen LogP contribution in [0.4, 0.5) is 0 Å². The van der Waals surface area contributed by atoms with Gasteiger partial charge in [0.2, 0.25) is 0 Å². The third-order valence-corrected chi connectivity index (χ3v) is 3.37. The highest BCUT2D eigenvalue weighted by atomic mass is 16.5. The number of benzene rings is 1. The van der Waals surface area contributed by atoms with Gasteiger partial charge in [-0.05, 0) is 31.0 Å². The molecule has 0 aliphatic rings. The predicted octanol–water partition coefficient (Wildman–Crippen LogP) is 2.01. The van der Waals surface area contributed by atoms with Gasteiger partial charge >= 0.3 is 0 Å². The van der Waals surface area contributed by atoms with Gasteiger partial charge in [0.1, 0.15) is 5.75 Å². The van der Waals surface area contributed by atoms with Crippen LogP contribution in [0, 0.1) is 0 Å². The Morgan fingerprint density at radius 3 is 2.59 bits per heavy atom. The van der Waals surface area contributed by atoms with E-state index in [1.54, 1.807) is 14.2 Å². The van der Waals surface area contributed by atoms with E-state index < -0.39 is 0 Å². The summed E-state index contributed by atoms with van der Waals surface area (Å²) in [5.41, 5.74) is 3.54. The Bertz CT molecular complexity index is 351. The van der Waals surface area contributed by atoms with Crippen molar-refractivity contribution in [1.82, 2.24) is 5.43 Å². The average molecular weight is 238 g/mol. The van der Waals surface area contributed by atoms with Crippen molar-refractivity contribution in [3.8, 4) is 5.75 Å². The summed E-state index contributed by atoms with van der Waals surface area (Å²) in [6.07, 6.45) is 0.857. The molecule has 2 unspecified atom stereocenters. The van der Waals surface area contributed by atoms with Gasteiger partial charge in [-0.2, -0.15) is 0 Å². The van der Waals surface area contributed by atoms with Crippen LogP contribution in [-0.2, 0) is 4.74 Å². The van der Waals surface area contributed by atoms with Crippen LogP contribution < -0.4 is 16.0 Å². The Morgan fingerprint density at radius 1 is 1.41 bits per heavy atom. The lowest BCUT2D eigenvalue weighted by molar-refractivity contribution is -0.0300. The lowest BCUT2D eigenvalue weighted by Gasteiger charge is -2.35. The molecule has 0 aliphatic heterocycles. The molecule has 0 aromatic heterocycles. The van der Waals surface area contributed by atoms with Crippen molar-refractivity contribution in [3.05, 3.63) is 29.8 Å². The van der Waals surface area contributed by atoms with Crippen LogP contribution >= 0.6 is 0 Å². The number of nitrogens with one attached hydrogen (secondary N) is 1. The zero-order valence-electron chi connectivity index (χ0n) is 11.0. The van der Waals surface area contributed by atoms with Gasteiger partial charge in [0.25, 0.3) is 0 Å². The van der Waals surface area contributed by atoms with E-state index in [4.69, 9.17) is 15.3 Å². The molecule has 0 saturated heterocycles. The van der Waals surface area contributed by atoms with Crippen molar-refractivity contribution in [1.29, 1.82) is 0 Å². The number of hydrogen-bond acceptors (Lipinski definition) is 4. The maximum atomic E-state index is 5.66. The monoisotopic (exact) mass is 238 g/mol. The summed E-state index contributed by atoms with van der Waals surface area (Å²) in [5.74, 6) is 6.48. The summed E-state index contributed by atoms with van der Waals surface area (Å²) < 4.78 is 10.8. The highest BCUT2D eigenvalue weighted by Gasteiger charge is 2.33. The molecular weight excluding hydrogens is 216 g/mol. The third kappa shape index (κ3) is 2.97. The molecule has 96 valence electrons. The molecule has 2 atom stereocenters. The summed E-state index contributed by atoms with van der Waals surface area (Å²) in [5, 5.41) is 0. The minimum absolute atomic E-state index is 0.0763. The Labute approximate surface area is 103 Å². The molecule has 0 radical (unpaired) electrons. The Hall–Kier alpha value is -1.10. The van der Waals surface area contributed by atoms with Gasteiger partial charge in [-0.15, -0.1) is 0 Å². The first-order valence-corrected chi connectivity index (χ1v) is 5.76. The molecule has 0 amide bonds. The van der Waals surface area contributed by atoms with Gasteiger partial charge in [0, 0.05) is 7.11 Å². The minimum Gasteiger partial charge on any atom is -0.497 e. The Morgan fingerprint density at radius 2 is 2.12 bits per heavy atom. The van der Waals surface area contributed by atoms with Crippen molar-refractivity contribution in [2.75, 3.05) is 14.2 Å². The summed E-state index contributed by atoms with van der Waals surface area (Å²) in [6.45, 7) is 4.12. The van der Waals surface area contributed by atoms with Gasteiger partial charge in [-0.1, -0.05) is 19.1 Å². The average Bonchev–Trinajstić information content (AvgIpc) is 2.39. The first kappa shape index (κ1) is 14.0. The smallest absolute Gasteiger partial charge is 0.119 e. The highest BCUT2D eigenvalue weighted by Crippen LogP contribution is 2.32. The van der Waals surface area contributed by atoms with Crippen molar-refractivity contribution in [3.63, 3.8) is 0 Å². The van der Waals surface area contributed by atoms with E-state index in [2.05, 4.69) is 12.3 Å². The zero-order valence-corrected chi connectivity index (χ0v) is 11.0. The van der Waals surface area contributed by atoms with Crippen molar-refractivity contribution >= 4 is 0 Å². The summed E-state index contributed by atoms with van der Waals surface area (Å²) in [6, 6.07) is 7.77. The molecule has 0 spiro atoms. The Balaban J connectivity index is 3.08. The molecule has 1 aromatic carbocycles. The van der Waals surface area contributed by atoms with E-state index in [0.29, 0.717) is 0 Å². The van der Waals surface area contributed by atoms with Gasteiger partial charge in [-0.3, -0.25) is 11.3 Å². The fraction of sp³-hybridized carbons (Fsp3) is 0.538. The molecule has 4 heteroatoms. The number of ether oxygens (including phenoxy) is 2. The van der Waals surface area contributed by atoms with E-state index in [0.717, 1.165) is 17.7 Å². The number of rotatable bonds is 6. The largest absolute Gasteiger partial charge is 0.497 e. The Kier molecular flexibility index (Phi) is 4.93. The van der Waals surface area contributed by atoms with Gasteiger partial charge < -0.3 is 9.47 Å². The molecule has 0 aliphatic carbocycles. The summed E-state index contributed by atoms with van der Waals surface area (Å²) in [4.78, 5) is 0. The topological polar surface area (TPSA) is 56.5 Å². The van der Waals surface area contributed by atoms with E-state index in [-0.39, 0.29) is 11.6 Å². The van der Waals surface area contributed by atoms with E-state index >= 15 is 0 Å². The SMILES string of the molecule is CCC(C)(OC)C(NN)c1cccc(OC)c1. The van der Waals surface area contributed by atoms with Crippen LogP contribution in [0.3, 0.4) is 0 Å². The summed E-state index contributed by atoms with van der Waals surface area (Å²) >= 11 is 0. The van der Waals surface area contributed by atoms with Crippen molar-refractivity contribution < 1.29 is 9.47 Å². The van der Waals surface area contributed by atoms with Crippen LogP contribution in [0.15, 0.2) is 24.3 Å². The minimum atomic E-state index is -0.346. The van der Waals surface area contributed by atoms with Crippen molar-refractivity contribution in [2.24, 2.45) is 5.84 Å². The van der Waals surface area contributed by atoms with Crippen molar-refractivity contribution in [2.45, 2.75) is 31.9 Å². The standard InChI is InChI=1S/C13H22N2O2/c1-5-13(2,17-4)12(15-14)10-7-6-8-11(9-10)16-3/h6-9,12,15H,5,14H2,1-4H3. The molecule has 1 rings (SSSR count). The molecule has 4 nitrogen and oxygen atoms in total. The molecule has 1 aromatic rings. The van der Waals surface area contributed by atoms with Crippen LogP contribution in [0.1, 0.15) is 31.9 Å². The molecule has 0 bridgehead atoms. The normalized spacial score (nSPS) is 16.3. The third-order valence-electron chi connectivity index (χ3n) is 3.37. The molecule has 0 heterocycles. The van der Waals surface area contributed by atoms with Crippen LogP contribution in [-0.4, -0.2) is 19.8 Å². The van der Waals surface area contributed by atoms with E-state index in [9.17, 15) is 0 Å². The van der Waals surface area contributed by atoms with E-state index in [1.807, 2.05) is 31.2 Å². The number of hydrogen-bond donors (Lipinski definition) is 2. The van der Waals surface area contributed by atoms with Gasteiger partial charge in [0.05, 0.1) is 18.8 Å². The predicted molar refractivity (Wildman–Crippen MR) is 68.8 cm³/mol. The maximum Gasteiger partial charge on any atom is 0.119 e. The molecule has 17 heavy (non-hydrogen) atoms. The molecule has 3 N–H and O–H groups in total. The molecular formula is C13H22N2O2. The molecule has 0 fully saturated rings. The zero-order chi connectivity index (χ0) is 12.9. The van der Waals surface area contributed by atoms with Crippen LogP contribution in [0.25, 0.3) is 0 Å². The first-order valence-electron chi connectivity index (χ1n) is 5.76. The lowest BCUT2D eigenvalue weighted by atomic mass is 9.88. The second-order valence-electron chi connectivity index (χ2n) is 4.25. The van der Waals surface area contributed by atoms with Gasteiger partial charge in [0.15, 0.2) is 0 Å². The first-order chi connectivity index (χ1) is 8.11. The molecule has 0 saturated carbocycles. The number of nitrogens with two attached hydrogens (primary N) is 1. The highest BCUT2D eigenvalue weighted by molar-refractivity contribution is 5.31. The fourth-order valence-corrected chi connectivity index (χ4v) is 1.91. The van der Waals surface area contributed by atoms with Crippen LogP contribution in [0.5, 0.6) is 5.75 Å². The number of hydrazine groups is 1. The second-order valence-corrected chi connectivity index (χ2v) is 4.25. The number of methoxy groups -OCH3 is 2. The van der Waals surface area contributed by atoms with Crippen LogP contribution in [0.2, 0.25) is 0 Å². The van der Waals surface area contributed by atoms with Gasteiger partial charge in [-0.25, -0.2) is 0 Å². The fourth-order valence-electron chi connectivity index (χ4n) is 1.91. The maximum absolute atomic E-state index is 5.66. The summed E-state index contributed by atoms with van der Waals surface area (Å²) in [7, 11) is 3.35. The lowest BCUT2D eigenvalue weighted by Crippen LogP contribution is -2.45. The van der Waals surface area contributed by atoms with E-state index in [1.165, 1.54) is 0 Å². The quantitative estimate of drug-likeness (QED) is 0.588.